The van der Waals surface area contributed by atoms with E-state index in [2.05, 4.69) is 16.0 Å². The van der Waals surface area contributed by atoms with Crippen LogP contribution in [0.2, 0.25) is 0 Å². The van der Waals surface area contributed by atoms with Gasteiger partial charge in [0.2, 0.25) is 0 Å². The Kier molecular flexibility index (Phi) is 4.71. The van der Waals surface area contributed by atoms with E-state index in [1.54, 1.807) is 18.2 Å². The molecule has 0 saturated carbocycles. The molecule has 0 saturated heterocycles. The number of nitriles is 1. The van der Waals surface area contributed by atoms with Crippen molar-refractivity contribution in [3.8, 4) is 17.6 Å². The molecule has 0 bridgehead atoms. The van der Waals surface area contributed by atoms with Gasteiger partial charge in [-0.3, -0.25) is 0 Å². The molecule has 1 aromatic heterocycles. The molecule has 0 aliphatic carbocycles. The van der Waals surface area contributed by atoms with Gasteiger partial charge in [-0.15, -0.1) is 0 Å². The number of aromatic nitrogens is 2. The molecule has 120 valence electrons. The fourth-order valence-electron chi connectivity index (χ4n) is 2.34. The molecule has 1 heterocycles. The minimum absolute atomic E-state index is 0.108. The quantitative estimate of drug-likeness (QED) is 0.476. The molecule has 0 aliphatic heterocycles. The number of aromatic hydroxyl groups is 1. The lowest BCUT2D eigenvalue weighted by atomic mass is 10.1. The van der Waals surface area contributed by atoms with Crippen LogP contribution in [0.15, 0.2) is 36.4 Å². The van der Waals surface area contributed by atoms with E-state index in [0.717, 1.165) is 16.6 Å². The summed E-state index contributed by atoms with van der Waals surface area (Å²) in [5, 5.41) is 19.5. The van der Waals surface area contributed by atoms with Crippen LogP contribution in [0, 0.1) is 14.9 Å². The standard InChI is InChI=1S/C18H14IN3O2/c1-2-24-16-9-11(8-13(19)17(16)23)7-12(10-20)18-21-14-5-3-4-6-15(14)22-18/h3-9,23H,2H2,1H3,(H,21,22)/b12-7-. The molecule has 0 amide bonds. The van der Waals surface area contributed by atoms with Gasteiger partial charge in [0.15, 0.2) is 11.5 Å². The predicted molar refractivity (Wildman–Crippen MR) is 102 cm³/mol. The number of imidazole rings is 1. The Labute approximate surface area is 152 Å². The molecule has 0 spiro atoms. The van der Waals surface area contributed by atoms with Crippen LogP contribution >= 0.6 is 22.6 Å². The number of aromatic amines is 1. The SMILES string of the molecule is CCOc1cc(/C=C(/C#N)c2nc3ccccc3[nH]2)cc(I)c1O. The number of nitrogens with one attached hydrogen (secondary N) is 1. The van der Waals surface area contributed by atoms with Crippen LogP contribution in [-0.4, -0.2) is 21.7 Å². The number of nitrogens with zero attached hydrogens (tertiary/aromatic N) is 2. The van der Waals surface area contributed by atoms with E-state index in [4.69, 9.17) is 4.74 Å². The lowest BCUT2D eigenvalue weighted by molar-refractivity contribution is 0.317. The molecule has 3 aromatic rings. The Hall–Kier alpha value is -2.53. The predicted octanol–water partition coefficient (Wildman–Crippen LogP) is 4.34. The Morgan fingerprint density at radius 2 is 2.21 bits per heavy atom. The average molecular weight is 431 g/mol. The van der Waals surface area contributed by atoms with Crippen molar-refractivity contribution < 1.29 is 9.84 Å². The third-order valence-corrected chi connectivity index (χ3v) is 4.25. The van der Waals surface area contributed by atoms with Crippen molar-refractivity contribution in [2.75, 3.05) is 6.61 Å². The highest BCUT2D eigenvalue weighted by Crippen LogP contribution is 2.34. The first-order valence-corrected chi connectivity index (χ1v) is 8.42. The molecule has 2 aromatic carbocycles. The summed E-state index contributed by atoms with van der Waals surface area (Å²) in [6, 6.07) is 13.3. The van der Waals surface area contributed by atoms with E-state index in [9.17, 15) is 10.4 Å². The minimum atomic E-state index is 0.108. The lowest BCUT2D eigenvalue weighted by Crippen LogP contribution is -1.94. The zero-order valence-corrected chi connectivity index (χ0v) is 15.0. The first kappa shape index (κ1) is 16.3. The summed E-state index contributed by atoms with van der Waals surface area (Å²) in [4.78, 5) is 7.60. The van der Waals surface area contributed by atoms with Crippen molar-refractivity contribution in [2.45, 2.75) is 6.92 Å². The molecule has 5 nitrogen and oxygen atoms in total. The van der Waals surface area contributed by atoms with E-state index in [1.807, 2.05) is 53.8 Å². The third-order valence-electron chi connectivity index (χ3n) is 3.43. The zero-order valence-electron chi connectivity index (χ0n) is 12.9. The third kappa shape index (κ3) is 3.21. The summed E-state index contributed by atoms with van der Waals surface area (Å²) < 4.78 is 6.10. The molecular weight excluding hydrogens is 417 g/mol. The van der Waals surface area contributed by atoms with Crippen LogP contribution in [-0.2, 0) is 0 Å². The molecule has 6 heteroatoms. The zero-order chi connectivity index (χ0) is 17.1. The molecular formula is C18H14IN3O2. The maximum Gasteiger partial charge on any atom is 0.171 e. The van der Waals surface area contributed by atoms with E-state index in [1.165, 1.54) is 0 Å². The van der Waals surface area contributed by atoms with Crippen molar-refractivity contribution in [2.24, 2.45) is 0 Å². The fourth-order valence-corrected chi connectivity index (χ4v) is 2.97. The number of phenolic OH excluding ortho intramolecular Hbond substituents is 1. The van der Waals surface area contributed by atoms with Gasteiger partial charge in [-0.25, -0.2) is 4.98 Å². The highest BCUT2D eigenvalue weighted by Gasteiger charge is 2.11. The van der Waals surface area contributed by atoms with Crippen LogP contribution in [0.3, 0.4) is 0 Å². The monoisotopic (exact) mass is 431 g/mol. The summed E-state index contributed by atoms with van der Waals surface area (Å²) in [6.45, 7) is 2.30. The van der Waals surface area contributed by atoms with Gasteiger partial charge in [-0.2, -0.15) is 5.26 Å². The molecule has 0 unspecified atom stereocenters. The fraction of sp³-hybridized carbons (Fsp3) is 0.111. The lowest BCUT2D eigenvalue weighted by Gasteiger charge is -2.08. The normalized spacial score (nSPS) is 11.5. The van der Waals surface area contributed by atoms with Gasteiger partial charge in [0.1, 0.15) is 11.9 Å². The Bertz CT molecular complexity index is 937. The number of allylic oxidation sites excluding steroid dienone is 1. The van der Waals surface area contributed by atoms with Gasteiger partial charge in [-0.1, -0.05) is 12.1 Å². The van der Waals surface area contributed by atoms with E-state index in [0.29, 0.717) is 27.3 Å². The van der Waals surface area contributed by atoms with Crippen molar-refractivity contribution in [1.29, 1.82) is 5.26 Å². The largest absolute Gasteiger partial charge is 0.504 e. The first-order chi connectivity index (χ1) is 11.6. The smallest absolute Gasteiger partial charge is 0.171 e. The summed E-state index contributed by atoms with van der Waals surface area (Å²) in [5.74, 6) is 1.02. The molecule has 0 radical (unpaired) electrons. The van der Waals surface area contributed by atoms with Crippen molar-refractivity contribution >= 4 is 45.3 Å². The number of benzene rings is 2. The Morgan fingerprint density at radius 1 is 1.42 bits per heavy atom. The Balaban J connectivity index is 2.06. The van der Waals surface area contributed by atoms with E-state index >= 15 is 0 Å². The molecule has 0 atom stereocenters. The number of para-hydroxylation sites is 2. The van der Waals surface area contributed by atoms with Gasteiger partial charge in [0, 0.05) is 0 Å². The van der Waals surface area contributed by atoms with Gasteiger partial charge >= 0.3 is 0 Å². The second kappa shape index (κ2) is 6.93. The highest BCUT2D eigenvalue weighted by atomic mass is 127. The van der Waals surface area contributed by atoms with Gasteiger partial charge in [0.25, 0.3) is 0 Å². The van der Waals surface area contributed by atoms with Crippen LogP contribution in [0.25, 0.3) is 22.7 Å². The van der Waals surface area contributed by atoms with Crippen molar-refractivity contribution in [3.63, 3.8) is 0 Å². The second-order valence-corrected chi connectivity index (χ2v) is 6.22. The van der Waals surface area contributed by atoms with Gasteiger partial charge < -0.3 is 14.8 Å². The molecule has 24 heavy (non-hydrogen) atoms. The summed E-state index contributed by atoms with van der Waals surface area (Å²) in [5.41, 5.74) is 2.86. The number of hydrogen-bond donors (Lipinski definition) is 2. The number of H-pyrrole nitrogens is 1. The molecule has 0 aliphatic rings. The summed E-state index contributed by atoms with van der Waals surface area (Å²) in [6.07, 6.45) is 1.72. The number of halogens is 1. The topological polar surface area (TPSA) is 81.9 Å². The van der Waals surface area contributed by atoms with Crippen LogP contribution in [0.5, 0.6) is 11.5 Å². The maximum absolute atomic E-state index is 10.0. The summed E-state index contributed by atoms with van der Waals surface area (Å²) in [7, 11) is 0. The van der Waals surface area contributed by atoms with Crippen molar-refractivity contribution in [3.05, 3.63) is 51.4 Å². The number of ether oxygens (including phenoxy) is 1. The highest BCUT2D eigenvalue weighted by molar-refractivity contribution is 14.1. The van der Waals surface area contributed by atoms with E-state index in [-0.39, 0.29) is 5.75 Å². The molecule has 3 rings (SSSR count). The van der Waals surface area contributed by atoms with E-state index < -0.39 is 0 Å². The van der Waals surface area contributed by atoms with Crippen LogP contribution in [0.1, 0.15) is 18.3 Å². The first-order valence-electron chi connectivity index (χ1n) is 7.34. The minimum Gasteiger partial charge on any atom is -0.504 e. The number of rotatable bonds is 4. The van der Waals surface area contributed by atoms with Crippen LogP contribution in [0.4, 0.5) is 0 Å². The maximum atomic E-state index is 10.0. The Morgan fingerprint density at radius 3 is 2.92 bits per heavy atom. The molecule has 0 fully saturated rings. The van der Waals surface area contributed by atoms with Crippen molar-refractivity contribution in [1.82, 2.24) is 9.97 Å². The number of hydrogen-bond acceptors (Lipinski definition) is 4. The average Bonchev–Trinajstić information content (AvgIpc) is 3.01. The number of phenols is 1. The second-order valence-electron chi connectivity index (χ2n) is 5.05. The van der Waals surface area contributed by atoms with Gasteiger partial charge in [-0.05, 0) is 65.4 Å². The van der Waals surface area contributed by atoms with Crippen LogP contribution < -0.4 is 4.74 Å². The van der Waals surface area contributed by atoms with Gasteiger partial charge in [0.05, 0.1) is 26.8 Å². The molecule has 2 N–H and O–H groups in total. The number of fused-ring (bicyclic) bond motifs is 1. The summed E-state index contributed by atoms with van der Waals surface area (Å²) >= 11 is 2.03.